The maximum Gasteiger partial charge on any atom is 0.341 e. The van der Waals surface area contributed by atoms with Gasteiger partial charge in [0, 0.05) is 18.3 Å². The van der Waals surface area contributed by atoms with E-state index in [4.69, 9.17) is 15.2 Å². The van der Waals surface area contributed by atoms with Crippen molar-refractivity contribution in [2.24, 2.45) is 5.73 Å². The predicted octanol–water partition coefficient (Wildman–Crippen LogP) is 2.08. The van der Waals surface area contributed by atoms with Crippen molar-refractivity contribution < 1.29 is 14.3 Å². The van der Waals surface area contributed by atoms with Crippen molar-refractivity contribution in [3.63, 3.8) is 0 Å². The molecule has 0 saturated carbocycles. The summed E-state index contributed by atoms with van der Waals surface area (Å²) in [6.07, 6.45) is 0. The first kappa shape index (κ1) is 14.8. The minimum Gasteiger partial charge on any atom is -0.481 e. The minimum atomic E-state index is -0.470. The molecule has 0 fully saturated rings. The molecule has 0 amide bonds. The number of hydrogen-bond donors (Lipinski definition) is 2. The van der Waals surface area contributed by atoms with Crippen LogP contribution in [0.15, 0.2) is 36.4 Å². The van der Waals surface area contributed by atoms with Gasteiger partial charge >= 0.3 is 5.97 Å². The summed E-state index contributed by atoms with van der Waals surface area (Å²) in [6, 6.07) is 10.8. The molecule has 2 rings (SSSR count). The van der Waals surface area contributed by atoms with E-state index >= 15 is 0 Å². The average Bonchev–Trinajstić information content (AvgIpc) is 2.54. The number of methoxy groups -OCH3 is 2. The zero-order valence-corrected chi connectivity index (χ0v) is 11.9. The molecule has 0 atom stereocenters. The first-order valence-electron chi connectivity index (χ1n) is 6.37. The van der Waals surface area contributed by atoms with Gasteiger partial charge in [0.25, 0.3) is 0 Å². The Morgan fingerprint density at radius 3 is 2.76 bits per heavy atom. The molecule has 0 bridgehead atoms. The van der Waals surface area contributed by atoms with E-state index in [1.807, 2.05) is 24.3 Å². The summed E-state index contributed by atoms with van der Waals surface area (Å²) in [6.45, 7) is 0.435. The monoisotopic (exact) mass is 287 g/mol. The third-order valence-electron chi connectivity index (χ3n) is 2.91. The number of hydrogen-bond acceptors (Lipinski definition) is 6. The lowest BCUT2D eigenvalue weighted by Crippen LogP contribution is -2.08. The second-order valence-electron chi connectivity index (χ2n) is 4.27. The molecule has 0 radical (unpaired) electrons. The molecule has 110 valence electrons. The highest BCUT2D eigenvalue weighted by Gasteiger charge is 2.14. The molecule has 0 aliphatic carbocycles. The van der Waals surface area contributed by atoms with Crippen molar-refractivity contribution in [1.82, 2.24) is 4.98 Å². The molecule has 1 heterocycles. The lowest BCUT2D eigenvalue weighted by atomic mass is 10.2. The number of ether oxygens (including phenoxy) is 2. The molecule has 6 nitrogen and oxygen atoms in total. The SMILES string of the molecule is COC(=O)c1ccc(OC)nc1Nc1cccc(CN)c1. The fourth-order valence-electron chi connectivity index (χ4n) is 1.84. The summed E-state index contributed by atoms with van der Waals surface area (Å²) in [5.41, 5.74) is 7.71. The molecule has 0 aliphatic heterocycles. The standard InChI is InChI=1S/C15H17N3O3/c1-20-13-7-6-12(15(19)21-2)14(18-13)17-11-5-3-4-10(8-11)9-16/h3-8H,9,16H2,1-2H3,(H,17,18). The largest absolute Gasteiger partial charge is 0.481 e. The van der Waals surface area contributed by atoms with Crippen LogP contribution in [0.5, 0.6) is 5.88 Å². The van der Waals surface area contributed by atoms with Gasteiger partial charge < -0.3 is 20.5 Å². The van der Waals surface area contributed by atoms with Crippen LogP contribution in [-0.2, 0) is 11.3 Å². The first-order valence-corrected chi connectivity index (χ1v) is 6.37. The minimum absolute atomic E-state index is 0.330. The number of benzene rings is 1. The zero-order chi connectivity index (χ0) is 15.2. The lowest BCUT2D eigenvalue weighted by molar-refractivity contribution is 0.0601. The van der Waals surface area contributed by atoms with E-state index < -0.39 is 5.97 Å². The Labute approximate surface area is 122 Å². The number of aromatic nitrogens is 1. The molecule has 2 aromatic rings. The maximum atomic E-state index is 11.8. The van der Waals surface area contributed by atoms with E-state index in [9.17, 15) is 4.79 Å². The molecule has 0 saturated heterocycles. The van der Waals surface area contributed by atoms with Crippen molar-refractivity contribution in [3.8, 4) is 5.88 Å². The number of rotatable bonds is 5. The van der Waals surface area contributed by atoms with Crippen LogP contribution in [0.3, 0.4) is 0 Å². The highest BCUT2D eigenvalue weighted by molar-refractivity contribution is 5.95. The van der Waals surface area contributed by atoms with Crippen molar-refractivity contribution in [3.05, 3.63) is 47.5 Å². The number of nitrogens with one attached hydrogen (secondary N) is 1. The summed E-state index contributed by atoms with van der Waals surface area (Å²) in [5.74, 6) is 0.304. The normalized spacial score (nSPS) is 10.0. The third kappa shape index (κ3) is 3.49. The van der Waals surface area contributed by atoms with Gasteiger partial charge in [-0.3, -0.25) is 0 Å². The van der Waals surface area contributed by atoms with Crippen LogP contribution in [0.2, 0.25) is 0 Å². The summed E-state index contributed by atoms with van der Waals surface area (Å²) in [7, 11) is 2.84. The van der Waals surface area contributed by atoms with Crippen molar-refractivity contribution in [2.45, 2.75) is 6.54 Å². The second-order valence-corrected chi connectivity index (χ2v) is 4.27. The molecule has 21 heavy (non-hydrogen) atoms. The predicted molar refractivity (Wildman–Crippen MR) is 79.7 cm³/mol. The van der Waals surface area contributed by atoms with Gasteiger partial charge in [0.15, 0.2) is 0 Å². The highest BCUT2D eigenvalue weighted by atomic mass is 16.5. The van der Waals surface area contributed by atoms with Crippen LogP contribution in [0.4, 0.5) is 11.5 Å². The number of esters is 1. The van der Waals surface area contributed by atoms with Gasteiger partial charge in [-0.15, -0.1) is 0 Å². The summed E-state index contributed by atoms with van der Waals surface area (Å²) >= 11 is 0. The van der Waals surface area contributed by atoms with Gasteiger partial charge in [-0.05, 0) is 23.8 Å². The quantitative estimate of drug-likeness (QED) is 0.819. The average molecular weight is 287 g/mol. The zero-order valence-electron chi connectivity index (χ0n) is 11.9. The molecule has 3 N–H and O–H groups in total. The van der Waals surface area contributed by atoms with Crippen molar-refractivity contribution in [1.29, 1.82) is 0 Å². The molecule has 0 spiro atoms. The van der Waals surface area contributed by atoms with E-state index in [0.717, 1.165) is 11.3 Å². The Balaban J connectivity index is 2.38. The topological polar surface area (TPSA) is 86.5 Å². The highest BCUT2D eigenvalue weighted by Crippen LogP contribution is 2.23. The Bertz CT molecular complexity index is 644. The van der Waals surface area contributed by atoms with Gasteiger partial charge in [0.2, 0.25) is 5.88 Å². The van der Waals surface area contributed by atoms with Crippen LogP contribution in [0.1, 0.15) is 15.9 Å². The molecule has 6 heteroatoms. The van der Waals surface area contributed by atoms with Gasteiger partial charge in [-0.2, -0.15) is 4.98 Å². The summed E-state index contributed by atoms with van der Waals surface area (Å²) in [5, 5.41) is 3.09. The first-order chi connectivity index (χ1) is 10.2. The van der Waals surface area contributed by atoms with Crippen LogP contribution < -0.4 is 15.8 Å². The van der Waals surface area contributed by atoms with Crippen LogP contribution in [0, 0.1) is 0 Å². The third-order valence-corrected chi connectivity index (χ3v) is 2.91. The molecular weight excluding hydrogens is 270 g/mol. The number of carbonyl (C=O) groups excluding carboxylic acids is 1. The second kappa shape index (κ2) is 6.71. The number of pyridine rings is 1. The lowest BCUT2D eigenvalue weighted by Gasteiger charge is -2.12. The molecule has 1 aromatic heterocycles. The fourth-order valence-corrected chi connectivity index (χ4v) is 1.84. The molecule has 0 unspecified atom stereocenters. The van der Waals surface area contributed by atoms with Crippen molar-refractivity contribution >= 4 is 17.5 Å². The van der Waals surface area contributed by atoms with Gasteiger partial charge in [0.1, 0.15) is 11.4 Å². The van der Waals surface area contributed by atoms with E-state index in [0.29, 0.717) is 23.8 Å². The van der Waals surface area contributed by atoms with E-state index in [1.54, 1.807) is 12.1 Å². The van der Waals surface area contributed by atoms with Crippen LogP contribution in [0.25, 0.3) is 0 Å². The Morgan fingerprint density at radius 1 is 1.29 bits per heavy atom. The number of anilines is 2. The van der Waals surface area contributed by atoms with Crippen molar-refractivity contribution in [2.75, 3.05) is 19.5 Å². The van der Waals surface area contributed by atoms with E-state index in [-0.39, 0.29) is 0 Å². The Kier molecular flexibility index (Phi) is 4.73. The molecular formula is C15H17N3O3. The van der Waals surface area contributed by atoms with Gasteiger partial charge in [0.05, 0.1) is 14.2 Å². The Morgan fingerprint density at radius 2 is 2.10 bits per heavy atom. The molecule has 0 aliphatic rings. The number of nitrogens with zero attached hydrogens (tertiary/aromatic N) is 1. The Hall–Kier alpha value is -2.60. The molecule has 1 aromatic carbocycles. The number of nitrogens with two attached hydrogens (primary N) is 1. The van der Waals surface area contributed by atoms with Crippen LogP contribution >= 0.6 is 0 Å². The van der Waals surface area contributed by atoms with E-state index in [2.05, 4.69) is 10.3 Å². The number of carbonyl (C=O) groups is 1. The smallest absolute Gasteiger partial charge is 0.341 e. The fraction of sp³-hybridized carbons (Fsp3) is 0.200. The maximum absolute atomic E-state index is 11.8. The van der Waals surface area contributed by atoms with E-state index in [1.165, 1.54) is 14.2 Å². The van der Waals surface area contributed by atoms with Gasteiger partial charge in [-0.1, -0.05) is 12.1 Å². The summed E-state index contributed by atoms with van der Waals surface area (Å²) < 4.78 is 9.84. The van der Waals surface area contributed by atoms with Gasteiger partial charge in [-0.25, -0.2) is 4.79 Å². The van der Waals surface area contributed by atoms with Crippen LogP contribution in [-0.4, -0.2) is 25.2 Å². The summed E-state index contributed by atoms with van der Waals surface area (Å²) in [4.78, 5) is 16.0.